The standard InChI is InChI=1S/C13H16N2S/c1-8(2)12-9(3)16-13(15-12)10-6-4-5-7-11(10)14/h4-8H,14H2,1-3H3. The summed E-state index contributed by atoms with van der Waals surface area (Å²) in [5.41, 5.74) is 8.98. The number of hydrogen-bond donors (Lipinski definition) is 1. The monoisotopic (exact) mass is 232 g/mol. The second-order valence-electron chi connectivity index (χ2n) is 4.20. The van der Waals surface area contributed by atoms with Gasteiger partial charge in [-0.2, -0.15) is 0 Å². The molecule has 0 unspecified atom stereocenters. The minimum Gasteiger partial charge on any atom is -0.398 e. The molecule has 2 rings (SSSR count). The van der Waals surface area contributed by atoms with E-state index in [-0.39, 0.29) is 0 Å². The molecule has 0 saturated carbocycles. The Morgan fingerprint density at radius 3 is 2.50 bits per heavy atom. The predicted molar refractivity (Wildman–Crippen MR) is 70.8 cm³/mol. The molecule has 1 aromatic heterocycles. The van der Waals surface area contributed by atoms with Crippen molar-refractivity contribution in [2.24, 2.45) is 0 Å². The van der Waals surface area contributed by atoms with Gasteiger partial charge in [0, 0.05) is 16.1 Å². The van der Waals surface area contributed by atoms with Crippen molar-refractivity contribution in [3.8, 4) is 10.6 Å². The lowest BCUT2D eigenvalue weighted by Crippen LogP contribution is -1.91. The van der Waals surface area contributed by atoms with E-state index in [1.54, 1.807) is 11.3 Å². The minimum atomic E-state index is 0.468. The number of aryl methyl sites for hydroxylation is 1. The third kappa shape index (κ3) is 1.95. The van der Waals surface area contributed by atoms with E-state index in [4.69, 9.17) is 5.73 Å². The van der Waals surface area contributed by atoms with Crippen molar-refractivity contribution >= 4 is 17.0 Å². The van der Waals surface area contributed by atoms with Crippen LogP contribution in [0.3, 0.4) is 0 Å². The molecule has 16 heavy (non-hydrogen) atoms. The molecular formula is C13H16N2S. The lowest BCUT2D eigenvalue weighted by atomic mass is 10.1. The molecule has 0 amide bonds. The second-order valence-corrected chi connectivity index (χ2v) is 5.41. The van der Waals surface area contributed by atoms with Crippen molar-refractivity contribution in [2.75, 3.05) is 5.73 Å². The van der Waals surface area contributed by atoms with E-state index in [0.29, 0.717) is 5.92 Å². The van der Waals surface area contributed by atoms with Gasteiger partial charge < -0.3 is 5.73 Å². The van der Waals surface area contributed by atoms with Crippen molar-refractivity contribution in [1.29, 1.82) is 0 Å². The summed E-state index contributed by atoms with van der Waals surface area (Å²) in [5, 5.41) is 1.03. The van der Waals surface area contributed by atoms with E-state index < -0.39 is 0 Å². The van der Waals surface area contributed by atoms with Crippen LogP contribution in [-0.2, 0) is 0 Å². The van der Waals surface area contributed by atoms with Crippen LogP contribution in [0.2, 0.25) is 0 Å². The zero-order valence-corrected chi connectivity index (χ0v) is 10.6. The average Bonchev–Trinajstić information content (AvgIpc) is 2.61. The van der Waals surface area contributed by atoms with Crippen LogP contribution in [0.5, 0.6) is 0 Å². The zero-order chi connectivity index (χ0) is 11.7. The fraction of sp³-hybridized carbons (Fsp3) is 0.308. The number of hydrogen-bond acceptors (Lipinski definition) is 3. The van der Waals surface area contributed by atoms with Crippen molar-refractivity contribution in [3.05, 3.63) is 34.8 Å². The third-order valence-electron chi connectivity index (χ3n) is 2.57. The molecule has 0 saturated heterocycles. The Bertz CT molecular complexity index is 500. The smallest absolute Gasteiger partial charge is 0.125 e. The molecule has 0 spiro atoms. The maximum atomic E-state index is 5.95. The van der Waals surface area contributed by atoms with E-state index in [0.717, 1.165) is 16.3 Å². The number of nitrogens with two attached hydrogens (primary N) is 1. The Morgan fingerprint density at radius 1 is 1.25 bits per heavy atom. The summed E-state index contributed by atoms with van der Waals surface area (Å²) >= 11 is 1.72. The van der Waals surface area contributed by atoms with Crippen molar-refractivity contribution in [1.82, 2.24) is 4.98 Å². The summed E-state index contributed by atoms with van der Waals surface area (Å²) in [6.45, 7) is 6.45. The van der Waals surface area contributed by atoms with Crippen LogP contribution in [0.25, 0.3) is 10.6 Å². The summed E-state index contributed by atoms with van der Waals surface area (Å²) in [6.07, 6.45) is 0. The average molecular weight is 232 g/mol. The van der Waals surface area contributed by atoms with Gasteiger partial charge in [0.05, 0.1) is 5.69 Å². The number of para-hydroxylation sites is 1. The van der Waals surface area contributed by atoms with Gasteiger partial charge in [-0.05, 0) is 25.0 Å². The maximum absolute atomic E-state index is 5.95. The van der Waals surface area contributed by atoms with Crippen LogP contribution >= 0.6 is 11.3 Å². The van der Waals surface area contributed by atoms with E-state index in [2.05, 4.69) is 25.8 Å². The predicted octanol–water partition coefficient (Wildman–Crippen LogP) is 3.82. The van der Waals surface area contributed by atoms with Crippen LogP contribution in [-0.4, -0.2) is 4.98 Å². The third-order valence-corrected chi connectivity index (χ3v) is 3.59. The van der Waals surface area contributed by atoms with Gasteiger partial charge in [0.15, 0.2) is 0 Å². The highest BCUT2D eigenvalue weighted by atomic mass is 32.1. The van der Waals surface area contributed by atoms with Gasteiger partial charge in [0.1, 0.15) is 5.01 Å². The van der Waals surface area contributed by atoms with Gasteiger partial charge in [-0.1, -0.05) is 26.0 Å². The number of thiazole rings is 1. The Morgan fingerprint density at radius 2 is 1.94 bits per heavy atom. The first-order valence-electron chi connectivity index (χ1n) is 5.41. The van der Waals surface area contributed by atoms with E-state index >= 15 is 0 Å². The maximum Gasteiger partial charge on any atom is 0.125 e. The van der Waals surface area contributed by atoms with Crippen molar-refractivity contribution in [2.45, 2.75) is 26.7 Å². The summed E-state index contributed by atoms with van der Waals surface area (Å²) in [5.74, 6) is 0.468. The number of aromatic nitrogens is 1. The Kier molecular flexibility index (Phi) is 2.97. The number of nitrogen functional groups attached to an aromatic ring is 1. The molecule has 1 aromatic carbocycles. The molecular weight excluding hydrogens is 216 g/mol. The molecule has 2 N–H and O–H groups in total. The van der Waals surface area contributed by atoms with E-state index in [9.17, 15) is 0 Å². The molecule has 0 aliphatic carbocycles. The Balaban J connectivity index is 2.50. The quantitative estimate of drug-likeness (QED) is 0.799. The van der Waals surface area contributed by atoms with Gasteiger partial charge in [-0.3, -0.25) is 0 Å². The van der Waals surface area contributed by atoms with Gasteiger partial charge in [0.2, 0.25) is 0 Å². The summed E-state index contributed by atoms with van der Waals surface area (Å²) in [4.78, 5) is 5.96. The van der Waals surface area contributed by atoms with Gasteiger partial charge in [-0.15, -0.1) is 11.3 Å². The molecule has 0 atom stereocenters. The molecule has 2 nitrogen and oxygen atoms in total. The first kappa shape index (κ1) is 11.1. The van der Waals surface area contributed by atoms with Gasteiger partial charge >= 0.3 is 0 Å². The van der Waals surface area contributed by atoms with Crippen LogP contribution in [0, 0.1) is 6.92 Å². The van der Waals surface area contributed by atoms with E-state index in [1.807, 2.05) is 24.3 Å². The number of nitrogens with zero attached hydrogens (tertiary/aromatic N) is 1. The zero-order valence-electron chi connectivity index (χ0n) is 9.82. The number of anilines is 1. The minimum absolute atomic E-state index is 0.468. The lowest BCUT2D eigenvalue weighted by Gasteiger charge is -2.01. The largest absolute Gasteiger partial charge is 0.398 e. The van der Waals surface area contributed by atoms with Crippen LogP contribution in [0.4, 0.5) is 5.69 Å². The number of benzene rings is 1. The molecule has 2 aromatic rings. The van der Waals surface area contributed by atoms with Crippen LogP contribution < -0.4 is 5.73 Å². The molecule has 0 aliphatic rings. The molecule has 0 bridgehead atoms. The van der Waals surface area contributed by atoms with Crippen molar-refractivity contribution < 1.29 is 0 Å². The fourth-order valence-electron chi connectivity index (χ4n) is 1.75. The first-order valence-corrected chi connectivity index (χ1v) is 6.23. The molecule has 3 heteroatoms. The highest BCUT2D eigenvalue weighted by Crippen LogP contribution is 2.33. The topological polar surface area (TPSA) is 38.9 Å². The number of rotatable bonds is 2. The fourth-order valence-corrected chi connectivity index (χ4v) is 2.87. The summed E-state index contributed by atoms with van der Waals surface area (Å²) in [6, 6.07) is 7.89. The molecule has 0 aliphatic heterocycles. The highest BCUT2D eigenvalue weighted by Gasteiger charge is 2.13. The highest BCUT2D eigenvalue weighted by molar-refractivity contribution is 7.15. The summed E-state index contributed by atoms with van der Waals surface area (Å²) < 4.78 is 0. The molecule has 0 radical (unpaired) electrons. The van der Waals surface area contributed by atoms with E-state index in [1.165, 1.54) is 10.6 Å². The Labute approximate surface area is 100 Å². The second kappa shape index (κ2) is 4.26. The van der Waals surface area contributed by atoms with Gasteiger partial charge in [0.25, 0.3) is 0 Å². The first-order chi connectivity index (χ1) is 7.59. The molecule has 1 heterocycles. The molecule has 0 fully saturated rings. The molecule has 84 valence electrons. The lowest BCUT2D eigenvalue weighted by molar-refractivity contribution is 0.826. The van der Waals surface area contributed by atoms with Crippen molar-refractivity contribution in [3.63, 3.8) is 0 Å². The van der Waals surface area contributed by atoms with Gasteiger partial charge in [-0.25, -0.2) is 4.98 Å². The van der Waals surface area contributed by atoms with Crippen LogP contribution in [0.1, 0.15) is 30.3 Å². The summed E-state index contributed by atoms with van der Waals surface area (Å²) in [7, 11) is 0. The normalized spacial score (nSPS) is 11.0. The SMILES string of the molecule is Cc1sc(-c2ccccc2N)nc1C(C)C. The Hall–Kier alpha value is -1.35. The van der Waals surface area contributed by atoms with Crippen LogP contribution in [0.15, 0.2) is 24.3 Å².